The zero-order chi connectivity index (χ0) is 14.3. The lowest BCUT2D eigenvalue weighted by Crippen LogP contribution is -2.02. The molecule has 1 aromatic carbocycles. The number of aryl methyl sites for hydroxylation is 2. The molecule has 2 aromatic rings. The maximum Gasteiger partial charge on any atom is 0.273 e. The SMILES string of the molecule is Cc1c([N+](=O)[O-])ccc2c1c(C1=NCCC=C1)cn2C. The molecule has 0 radical (unpaired) electrons. The van der Waals surface area contributed by atoms with E-state index in [9.17, 15) is 10.1 Å². The van der Waals surface area contributed by atoms with Crippen molar-refractivity contribution in [2.75, 3.05) is 6.54 Å². The highest BCUT2D eigenvalue weighted by Gasteiger charge is 2.19. The van der Waals surface area contributed by atoms with Gasteiger partial charge in [-0.1, -0.05) is 6.08 Å². The van der Waals surface area contributed by atoms with E-state index in [1.165, 1.54) is 0 Å². The topological polar surface area (TPSA) is 60.4 Å². The molecule has 0 fully saturated rings. The molecule has 0 bridgehead atoms. The van der Waals surface area contributed by atoms with Crippen molar-refractivity contribution in [2.45, 2.75) is 13.3 Å². The molecule has 5 nitrogen and oxygen atoms in total. The number of hydrogen-bond acceptors (Lipinski definition) is 3. The van der Waals surface area contributed by atoms with E-state index in [0.717, 1.165) is 35.1 Å². The summed E-state index contributed by atoms with van der Waals surface area (Å²) in [4.78, 5) is 15.3. The van der Waals surface area contributed by atoms with Gasteiger partial charge < -0.3 is 4.57 Å². The van der Waals surface area contributed by atoms with E-state index >= 15 is 0 Å². The molecule has 3 rings (SSSR count). The van der Waals surface area contributed by atoms with Crippen LogP contribution >= 0.6 is 0 Å². The summed E-state index contributed by atoms with van der Waals surface area (Å²) in [6.45, 7) is 2.58. The number of hydrogen-bond donors (Lipinski definition) is 0. The zero-order valence-corrected chi connectivity index (χ0v) is 11.5. The number of aliphatic imine (C=N–C) groups is 1. The number of allylic oxidation sites excluding steroid dienone is 1. The van der Waals surface area contributed by atoms with Crippen LogP contribution in [-0.2, 0) is 7.05 Å². The number of rotatable bonds is 2. The van der Waals surface area contributed by atoms with E-state index in [2.05, 4.69) is 11.1 Å². The van der Waals surface area contributed by atoms with Gasteiger partial charge in [-0.05, 0) is 25.5 Å². The maximum absolute atomic E-state index is 11.1. The Balaban J connectivity index is 2.32. The molecule has 0 amide bonds. The Bertz CT molecular complexity index is 769. The molecule has 0 spiro atoms. The van der Waals surface area contributed by atoms with Gasteiger partial charge in [0.2, 0.25) is 0 Å². The van der Waals surface area contributed by atoms with Crippen LogP contribution in [0.25, 0.3) is 10.9 Å². The van der Waals surface area contributed by atoms with Crippen LogP contribution < -0.4 is 0 Å². The summed E-state index contributed by atoms with van der Waals surface area (Å²) in [6, 6.07) is 3.37. The molecule has 0 aliphatic carbocycles. The fourth-order valence-corrected chi connectivity index (χ4v) is 2.72. The van der Waals surface area contributed by atoms with Gasteiger partial charge in [-0.25, -0.2) is 0 Å². The molecule has 1 aliphatic heterocycles. The van der Waals surface area contributed by atoms with Crippen molar-refractivity contribution in [3.8, 4) is 0 Å². The lowest BCUT2D eigenvalue weighted by molar-refractivity contribution is -0.385. The fraction of sp³-hybridized carbons (Fsp3) is 0.267. The van der Waals surface area contributed by atoms with E-state index in [-0.39, 0.29) is 10.6 Å². The van der Waals surface area contributed by atoms with Crippen LogP contribution in [0.15, 0.2) is 35.5 Å². The normalized spacial score (nSPS) is 14.6. The molecular formula is C15H15N3O2. The summed E-state index contributed by atoms with van der Waals surface area (Å²) in [5.41, 5.74) is 3.73. The highest BCUT2D eigenvalue weighted by Crippen LogP contribution is 2.31. The molecule has 1 aromatic heterocycles. The maximum atomic E-state index is 11.1. The van der Waals surface area contributed by atoms with Gasteiger partial charge >= 0.3 is 0 Å². The van der Waals surface area contributed by atoms with Crippen molar-refractivity contribution in [3.63, 3.8) is 0 Å². The molecule has 2 heterocycles. The third-order valence-corrected chi connectivity index (χ3v) is 3.71. The minimum Gasteiger partial charge on any atom is -0.350 e. The smallest absolute Gasteiger partial charge is 0.273 e. The van der Waals surface area contributed by atoms with Crippen molar-refractivity contribution < 1.29 is 4.92 Å². The Morgan fingerprint density at radius 1 is 1.40 bits per heavy atom. The Labute approximate surface area is 116 Å². The quantitative estimate of drug-likeness (QED) is 0.621. The van der Waals surface area contributed by atoms with Gasteiger partial charge in [0.15, 0.2) is 0 Å². The summed E-state index contributed by atoms with van der Waals surface area (Å²) < 4.78 is 1.99. The monoisotopic (exact) mass is 269 g/mol. The molecule has 0 saturated carbocycles. The van der Waals surface area contributed by atoms with Crippen LogP contribution in [0.1, 0.15) is 17.5 Å². The first-order valence-electron chi connectivity index (χ1n) is 6.54. The van der Waals surface area contributed by atoms with Crippen molar-refractivity contribution in [3.05, 3.63) is 51.7 Å². The lowest BCUT2D eigenvalue weighted by Gasteiger charge is -2.06. The number of benzene rings is 1. The van der Waals surface area contributed by atoms with Crippen LogP contribution in [-0.4, -0.2) is 21.7 Å². The average Bonchev–Trinajstić information content (AvgIpc) is 2.78. The van der Waals surface area contributed by atoms with E-state index in [4.69, 9.17) is 0 Å². The summed E-state index contributed by atoms with van der Waals surface area (Å²) in [7, 11) is 1.95. The van der Waals surface area contributed by atoms with Gasteiger partial charge in [-0.2, -0.15) is 0 Å². The number of nitrogens with zero attached hydrogens (tertiary/aromatic N) is 3. The third-order valence-electron chi connectivity index (χ3n) is 3.71. The predicted molar refractivity (Wildman–Crippen MR) is 79.5 cm³/mol. The summed E-state index contributed by atoms with van der Waals surface area (Å²) in [5, 5.41) is 12.0. The molecule has 20 heavy (non-hydrogen) atoms. The molecule has 1 aliphatic rings. The first-order chi connectivity index (χ1) is 9.59. The van der Waals surface area contributed by atoms with Crippen LogP contribution in [0.5, 0.6) is 0 Å². The highest BCUT2D eigenvalue weighted by atomic mass is 16.6. The van der Waals surface area contributed by atoms with Gasteiger partial charge in [-0.15, -0.1) is 0 Å². The Morgan fingerprint density at radius 3 is 2.85 bits per heavy atom. The van der Waals surface area contributed by atoms with Crippen molar-refractivity contribution in [2.24, 2.45) is 12.0 Å². The number of nitro benzene ring substituents is 1. The first kappa shape index (κ1) is 12.6. The standard InChI is InChI=1S/C15H15N3O2/c1-10-13(18(19)20)6-7-14-15(10)11(9-17(14)2)12-5-3-4-8-16-12/h3,5-7,9H,4,8H2,1-2H3. The van der Waals surface area contributed by atoms with Gasteiger partial charge in [0, 0.05) is 47.9 Å². The summed E-state index contributed by atoms with van der Waals surface area (Å²) in [5.74, 6) is 0. The fourth-order valence-electron chi connectivity index (χ4n) is 2.72. The van der Waals surface area contributed by atoms with Crippen LogP contribution in [0.3, 0.4) is 0 Å². The number of fused-ring (bicyclic) bond motifs is 1. The lowest BCUT2D eigenvalue weighted by atomic mass is 10.0. The van der Waals surface area contributed by atoms with Gasteiger partial charge in [0.25, 0.3) is 5.69 Å². The molecule has 5 heteroatoms. The van der Waals surface area contributed by atoms with Gasteiger partial charge in [0.05, 0.1) is 10.6 Å². The Hall–Kier alpha value is -2.43. The summed E-state index contributed by atoms with van der Waals surface area (Å²) >= 11 is 0. The molecule has 102 valence electrons. The number of dihydropyridines is 1. The largest absolute Gasteiger partial charge is 0.350 e. The second kappa shape index (κ2) is 4.59. The average molecular weight is 269 g/mol. The second-order valence-electron chi connectivity index (χ2n) is 4.97. The van der Waals surface area contributed by atoms with Crippen LogP contribution in [0.4, 0.5) is 5.69 Å². The summed E-state index contributed by atoms with van der Waals surface area (Å²) in [6.07, 6.45) is 7.04. The van der Waals surface area contributed by atoms with Gasteiger partial charge in [-0.3, -0.25) is 15.1 Å². The minimum atomic E-state index is -0.329. The van der Waals surface area contributed by atoms with E-state index in [1.807, 2.05) is 23.9 Å². The number of aromatic nitrogens is 1. The molecule has 0 N–H and O–H groups in total. The zero-order valence-electron chi connectivity index (χ0n) is 11.5. The first-order valence-corrected chi connectivity index (χ1v) is 6.54. The van der Waals surface area contributed by atoms with E-state index < -0.39 is 0 Å². The minimum absolute atomic E-state index is 0.158. The van der Waals surface area contributed by atoms with Crippen molar-refractivity contribution in [1.29, 1.82) is 0 Å². The van der Waals surface area contributed by atoms with E-state index in [0.29, 0.717) is 5.56 Å². The Kier molecular flexibility index (Phi) is 2.89. The predicted octanol–water partition coefficient (Wildman–Crippen LogP) is 3.14. The van der Waals surface area contributed by atoms with Gasteiger partial charge in [0.1, 0.15) is 0 Å². The molecule has 0 unspecified atom stereocenters. The van der Waals surface area contributed by atoms with Crippen molar-refractivity contribution >= 4 is 22.3 Å². The third kappa shape index (κ3) is 1.82. The highest BCUT2D eigenvalue weighted by molar-refractivity contribution is 6.17. The second-order valence-corrected chi connectivity index (χ2v) is 4.97. The number of nitro groups is 1. The van der Waals surface area contributed by atoms with Crippen LogP contribution in [0, 0.1) is 17.0 Å². The Morgan fingerprint density at radius 2 is 2.20 bits per heavy atom. The molecule has 0 saturated heterocycles. The van der Waals surface area contributed by atoms with Crippen molar-refractivity contribution in [1.82, 2.24) is 4.57 Å². The molecule has 0 atom stereocenters. The van der Waals surface area contributed by atoms with Crippen LogP contribution in [0.2, 0.25) is 0 Å². The van der Waals surface area contributed by atoms with E-state index in [1.54, 1.807) is 19.1 Å². The molecular weight excluding hydrogens is 254 g/mol.